The average Bonchev–Trinajstić information content (AvgIpc) is 2.53. The molecular weight excluding hydrogens is 284 g/mol. The normalized spacial score (nSPS) is 11.0. The van der Waals surface area contributed by atoms with Crippen molar-refractivity contribution in [1.82, 2.24) is 0 Å². The van der Waals surface area contributed by atoms with E-state index in [0.717, 1.165) is 12.8 Å². The Kier molecular flexibility index (Phi) is 19.1. The molecule has 0 radical (unpaired) electrons. The topological polar surface area (TPSA) is 37.3 Å². The fourth-order valence-corrected chi connectivity index (χ4v) is 3.18. The van der Waals surface area contributed by atoms with E-state index in [0.29, 0.717) is 6.42 Å². The smallest absolute Gasteiger partial charge is 0.303 e. The molecule has 0 spiro atoms. The summed E-state index contributed by atoms with van der Waals surface area (Å²) in [4.78, 5) is 10.4. The monoisotopic (exact) mass is 326 g/mol. The van der Waals surface area contributed by atoms with Crippen molar-refractivity contribution in [3.8, 4) is 0 Å². The van der Waals surface area contributed by atoms with E-state index in [9.17, 15) is 4.79 Å². The summed E-state index contributed by atoms with van der Waals surface area (Å²) >= 11 is 0. The molecule has 138 valence electrons. The van der Waals surface area contributed by atoms with Crippen molar-refractivity contribution in [3.63, 3.8) is 0 Å². The number of aliphatic carboxylic acids is 1. The van der Waals surface area contributed by atoms with Crippen LogP contribution in [0, 0.1) is 0 Å². The summed E-state index contributed by atoms with van der Waals surface area (Å²) in [5.74, 6) is -0.651. The van der Waals surface area contributed by atoms with Gasteiger partial charge in [0.05, 0.1) is 0 Å². The SMILES string of the molecule is CCCCCCCCCCCCCCCCCCCCC(=O)O. The molecule has 1 N–H and O–H groups in total. The molecule has 0 saturated carbocycles. The van der Waals surface area contributed by atoms with E-state index in [1.165, 1.54) is 103 Å². The van der Waals surface area contributed by atoms with Gasteiger partial charge in [-0.2, -0.15) is 0 Å². The van der Waals surface area contributed by atoms with Gasteiger partial charge in [0.25, 0.3) is 0 Å². The molecule has 0 amide bonds. The molecule has 0 aromatic carbocycles. The van der Waals surface area contributed by atoms with Crippen molar-refractivity contribution in [2.45, 2.75) is 129 Å². The van der Waals surface area contributed by atoms with Crippen LogP contribution in [0.5, 0.6) is 0 Å². The Morgan fingerprint density at radius 2 is 0.783 bits per heavy atom. The molecule has 0 heterocycles. The van der Waals surface area contributed by atoms with Crippen LogP contribution >= 0.6 is 0 Å². The van der Waals surface area contributed by atoms with E-state index in [-0.39, 0.29) is 0 Å². The van der Waals surface area contributed by atoms with Gasteiger partial charge in [-0.15, -0.1) is 0 Å². The molecule has 0 aromatic rings. The Bertz CT molecular complexity index is 238. The van der Waals surface area contributed by atoms with E-state index in [2.05, 4.69) is 6.92 Å². The third-order valence-electron chi connectivity index (χ3n) is 4.74. The summed E-state index contributed by atoms with van der Waals surface area (Å²) in [6.07, 6.45) is 24.6. The van der Waals surface area contributed by atoms with Gasteiger partial charge in [0.15, 0.2) is 0 Å². The van der Waals surface area contributed by atoms with Crippen LogP contribution in [0.25, 0.3) is 0 Å². The van der Waals surface area contributed by atoms with E-state index in [4.69, 9.17) is 5.11 Å². The lowest BCUT2D eigenvalue weighted by atomic mass is 10.0. The van der Waals surface area contributed by atoms with Gasteiger partial charge in [0.2, 0.25) is 0 Å². The van der Waals surface area contributed by atoms with Gasteiger partial charge < -0.3 is 5.11 Å². The minimum atomic E-state index is -0.651. The highest BCUT2D eigenvalue weighted by Gasteiger charge is 1.97. The zero-order valence-electron chi connectivity index (χ0n) is 15.8. The van der Waals surface area contributed by atoms with Crippen molar-refractivity contribution >= 4 is 5.97 Å². The Morgan fingerprint density at radius 1 is 0.522 bits per heavy atom. The van der Waals surface area contributed by atoms with Crippen LogP contribution < -0.4 is 0 Å². The highest BCUT2D eigenvalue weighted by atomic mass is 16.4. The number of carbonyl (C=O) groups is 1. The zero-order chi connectivity index (χ0) is 17.0. The molecule has 2 heteroatoms. The van der Waals surface area contributed by atoms with Gasteiger partial charge >= 0.3 is 5.97 Å². The van der Waals surface area contributed by atoms with Crippen molar-refractivity contribution in [1.29, 1.82) is 0 Å². The minimum Gasteiger partial charge on any atom is -0.481 e. The second-order valence-electron chi connectivity index (χ2n) is 7.15. The molecule has 0 rings (SSSR count). The van der Waals surface area contributed by atoms with Gasteiger partial charge in [-0.3, -0.25) is 4.79 Å². The molecule has 0 aliphatic heterocycles. The van der Waals surface area contributed by atoms with Gasteiger partial charge in [-0.25, -0.2) is 0 Å². The van der Waals surface area contributed by atoms with Crippen molar-refractivity contribution in [2.24, 2.45) is 0 Å². The molecule has 0 aliphatic rings. The van der Waals surface area contributed by atoms with Crippen molar-refractivity contribution < 1.29 is 9.90 Å². The number of hydrogen-bond acceptors (Lipinski definition) is 1. The molecule has 0 atom stereocenters. The number of rotatable bonds is 19. The Balaban J connectivity index is 2.96. The Labute approximate surface area is 145 Å². The molecule has 2 nitrogen and oxygen atoms in total. The zero-order valence-corrected chi connectivity index (χ0v) is 15.8. The molecule has 0 bridgehead atoms. The highest BCUT2D eigenvalue weighted by molar-refractivity contribution is 5.66. The van der Waals surface area contributed by atoms with Crippen LogP contribution in [0.15, 0.2) is 0 Å². The van der Waals surface area contributed by atoms with E-state index in [1.807, 2.05) is 0 Å². The first kappa shape index (κ1) is 22.5. The third-order valence-corrected chi connectivity index (χ3v) is 4.74. The summed E-state index contributed by atoms with van der Waals surface area (Å²) in [5, 5.41) is 8.55. The fraction of sp³-hybridized carbons (Fsp3) is 0.952. The van der Waals surface area contributed by atoms with Crippen LogP contribution in [0.3, 0.4) is 0 Å². The van der Waals surface area contributed by atoms with Crippen LogP contribution in [0.1, 0.15) is 129 Å². The number of carboxylic acid groups (broad SMARTS) is 1. The van der Waals surface area contributed by atoms with Crippen molar-refractivity contribution in [3.05, 3.63) is 0 Å². The van der Waals surface area contributed by atoms with Gasteiger partial charge in [-0.1, -0.05) is 116 Å². The molecule has 0 aromatic heterocycles. The lowest BCUT2D eigenvalue weighted by Gasteiger charge is -2.03. The van der Waals surface area contributed by atoms with Crippen LogP contribution in [0.4, 0.5) is 0 Å². The maximum Gasteiger partial charge on any atom is 0.303 e. The molecule has 0 saturated heterocycles. The number of hydrogen-bond donors (Lipinski definition) is 1. The lowest BCUT2D eigenvalue weighted by Crippen LogP contribution is -1.93. The van der Waals surface area contributed by atoms with E-state index < -0.39 is 5.97 Å². The van der Waals surface area contributed by atoms with E-state index >= 15 is 0 Å². The largest absolute Gasteiger partial charge is 0.481 e. The Morgan fingerprint density at radius 3 is 1.04 bits per heavy atom. The first-order valence-corrected chi connectivity index (χ1v) is 10.5. The number of unbranched alkanes of at least 4 members (excludes halogenated alkanes) is 17. The lowest BCUT2D eigenvalue weighted by molar-refractivity contribution is -0.137. The maximum absolute atomic E-state index is 10.4. The van der Waals surface area contributed by atoms with E-state index in [1.54, 1.807) is 0 Å². The second kappa shape index (κ2) is 19.5. The minimum absolute atomic E-state index is 0.346. The quantitative estimate of drug-likeness (QED) is 0.249. The standard InChI is InChI=1S/C21H42O2/c1-2-3-4-5-6-7-8-9-10-11-12-13-14-15-16-17-18-19-20-21(22)23/h2-20H2,1H3,(H,22,23). The Hall–Kier alpha value is -0.530. The second-order valence-corrected chi connectivity index (χ2v) is 7.15. The summed E-state index contributed by atoms with van der Waals surface area (Å²) < 4.78 is 0. The summed E-state index contributed by atoms with van der Waals surface area (Å²) in [6.45, 7) is 2.28. The predicted octanol–water partition coefficient (Wildman–Crippen LogP) is 7.50. The third kappa shape index (κ3) is 21.5. The average molecular weight is 327 g/mol. The predicted molar refractivity (Wildman–Crippen MR) is 101 cm³/mol. The first-order chi connectivity index (χ1) is 11.3. The molecule has 0 unspecified atom stereocenters. The van der Waals surface area contributed by atoms with Crippen molar-refractivity contribution in [2.75, 3.05) is 0 Å². The molecule has 0 aliphatic carbocycles. The number of carboxylic acids is 1. The van der Waals surface area contributed by atoms with Crippen LogP contribution in [-0.4, -0.2) is 11.1 Å². The molecule has 23 heavy (non-hydrogen) atoms. The summed E-state index contributed by atoms with van der Waals surface area (Å²) in [6, 6.07) is 0. The van der Waals surface area contributed by atoms with Crippen LogP contribution in [0.2, 0.25) is 0 Å². The highest BCUT2D eigenvalue weighted by Crippen LogP contribution is 2.14. The van der Waals surface area contributed by atoms with Crippen LogP contribution in [-0.2, 0) is 4.79 Å². The van der Waals surface area contributed by atoms with Gasteiger partial charge in [-0.05, 0) is 6.42 Å². The van der Waals surface area contributed by atoms with Gasteiger partial charge in [0.1, 0.15) is 0 Å². The first-order valence-electron chi connectivity index (χ1n) is 10.5. The maximum atomic E-state index is 10.4. The summed E-state index contributed by atoms with van der Waals surface area (Å²) in [7, 11) is 0. The molecule has 0 fully saturated rings. The fourth-order valence-electron chi connectivity index (χ4n) is 3.18. The molecular formula is C21H42O2. The summed E-state index contributed by atoms with van der Waals surface area (Å²) in [5.41, 5.74) is 0. The van der Waals surface area contributed by atoms with Gasteiger partial charge in [0, 0.05) is 6.42 Å².